The van der Waals surface area contributed by atoms with E-state index in [1.54, 1.807) is 0 Å². The van der Waals surface area contributed by atoms with Crippen LogP contribution in [0.25, 0.3) is 0 Å². The third kappa shape index (κ3) is 4.37. The van der Waals surface area contributed by atoms with E-state index in [9.17, 15) is 9.59 Å². The number of nitrogens with one attached hydrogen (secondary N) is 1. The molecular formula is C20H26N6O2. The van der Waals surface area contributed by atoms with Gasteiger partial charge in [0.05, 0.1) is 0 Å². The van der Waals surface area contributed by atoms with Gasteiger partial charge >= 0.3 is 0 Å². The minimum atomic E-state index is 0.0367. The van der Waals surface area contributed by atoms with E-state index in [1.807, 2.05) is 4.90 Å². The number of carbonyl (C=O) groups is 2. The average molecular weight is 382 g/mol. The van der Waals surface area contributed by atoms with E-state index in [4.69, 9.17) is 0 Å². The molecule has 28 heavy (non-hydrogen) atoms. The molecule has 2 amide bonds. The van der Waals surface area contributed by atoms with Crippen LogP contribution in [-0.2, 0) is 22.6 Å². The van der Waals surface area contributed by atoms with E-state index in [-0.39, 0.29) is 18.4 Å². The molecule has 148 valence electrons. The first kappa shape index (κ1) is 18.6. The number of aromatic nitrogens is 4. The van der Waals surface area contributed by atoms with Crippen LogP contribution in [-0.4, -0.2) is 56.6 Å². The van der Waals surface area contributed by atoms with Crippen molar-refractivity contribution in [3.8, 4) is 0 Å². The van der Waals surface area contributed by atoms with Crippen molar-refractivity contribution in [3.63, 3.8) is 0 Å². The van der Waals surface area contributed by atoms with Crippen molar-refractivity contribution in [2.24, 2.45) is 5.92 Å². The van der Waals surface area contributed by atoms with Crippen molar-refractivity contribution in [1.82, 2.24) is 30.4 Å². The Labute approximate surface area is 164 Å². The number of likely N-dealkylation sites (tertiary alicyclic amines) is 1. The SMILES string of the molecule is O=C(CC1CCc2ccccc21)NCC1CCN(C(=O)Cn2cnnn2)CC1. The van der Waals surface area contributed by atoms with Gasteiger partial charge in [-0.1, -0.05) is 24.3 Å². The Morgan fingerprint density at radius 2 is 1.96 bits per heavy atom. The van der Waals surface area contributed by atoms with E-state index in [1.165, 1.54) is 22.1 Å². The van der Waals surface area contributed by atoms with Gasteiger partial charge < -0.3 is 10.2 Å². The van der Waals surface area contributed by atoms with Gasteiger partial charge in [0.2, 0.25) is 11.8 Å². The lowest BCUT2D eigenvalue weighted by Gasteiger charge is -2.32. The van der Waals surface area contributed by atoms with Crippen LogP contribution in [0.2, 0.25) is 0 Å². The third-order valence-electron chi connectivity index (χ3n) is 5.93. The lowest BCUT2D eigenvalue weighted by Crippen LogP contribution is -2.42. The Bertz CT molecular complexity index is 814. The zero-order valence-corrected chi connectivity index (χ0v) is 16.0. The second-order valence-corrected chi connectivity index (χ2v) is 7.77. The summed E-state index contributed by atoms with van der Waals surface area (Å²) in [5.74, 6) is 0.951. The van der Waals surface area contributed by atoms with Crippen LogP contribution < -0.4 is 5.32 Å². The Hall–Kier alpha value is -2.77. The highest BCUT2D eigenvalue weighted by molar-refractivity contribution is 5.77. The molecule has 0 bridgehead atoms. The van der Waals surface area contributed by atoms with Crippen molar-refractivity contribution < 1.29 is 9.59 Å². The topological polar surface area (TPSA) is 93.0 Å². The number of hydrogen-bond acceptors (Lipinski definition) is 5. The molecule has 1 aliphatic heterocycles. The zero-order chi connectivity index (χ0) is 19.3. The first-order valence-corrected chi connectivity index (χ1v) is 10.0. The van der Waals surface area contributed by atoms with Crippen molar-refractivity contribution >= 4 is 11.8 Å². The Morgan fingerprint density at radius 1 is 1.14 bits per heavy atom. The lowest BCUT2D eigenvalue weighted by atomic mass is 9.95. The molecule has 1 saturated heterocycles. The minimum absolute atomic E-state index is 0.0367. The molecule has 4 rings (SSSR count). The minimum Gasteiger partial charge on any atom is -0.356 e. The maximum absolute atomic E-state index is 12.4. The molecule has 1 N–H and O–H groups in total. The highest BCUT2D eigenvalue weighted by atomic mass is 16.2. The third-order valence-corrected chi connectivity index (χ3v) is 5.93. The van der Waals surface area contributed by atoms with Gasteiger partial charge in [-0.05, 0) is 59.1 Å². The summed E-state index contributed by atoms with van der Waals surface area (Å²) in [7, 11) is 0. The molecule has 0 radical (unpaired) electrons. The maximum Gasteiger partial charge on any atom is 0.244 e. The Balaban J connectivity index is 1.17. The summed E-state index contributed by atoms with van der Waals surface area (Å²) in [4.78, 5) is 26.5. The smallest absolute Gasteiger partial charge is 0.244 e. The van der Waals surface area contributed by atoms with Crippen LogP contribution in [0.5, 0.6) is 0 Å². The fourth-order valence-electron chi connectivity index (χ4n) is 4.29. The molecule has 2 aromatic rings. The number of carbonyl (C=O) groups excluding carboxylic acids is 2. The summed E-state index contributed by atoms with van der Waals surface area (Å²) in [6.45, 7) is 2.31. The molecular weight excluding hydrogens is 356 g/mol. The van der Waals surface area contributed by atoms with Crippen LogP contribution in [0, 0.1) is 5.92 Å². The summed E-state index contributed by atoms with van der Waals surface area (Å²) >= 11 is 0. The van der Waals surface area contributed by atoms with Gasteiger partial charge in [-0.25, -0.2) is 4.68 Å². The highest BCUT2D eigenvalue weighted by Crippen LogP contribution is 2.35. The van der Waals surface area contributed by atoms with Crippen molar-refractivity contribution in [3.05, 3.63) is 41.7 Å². The molecule has 1 unspecified atom stereocenters. The van der Waals surface area contributed by atoms with Crippen molar-refractivity contribution in [1.29, 1.82) is 0 Å². The van der Waals surface area contributed by atoms with E-state index < -0.39 is 0 Å². The highest BCUT2D eigenvalue weighted by Gasteiger charge is 2.26. The Kier molecular flexibility index (Phi) is 5.64. The van der Waals surface area contributed by atoms with E-state index in [0.717, 1.165) is 38.8 Å². The monoisotopic (exact) mass is 382 g/mol. The molecule has 1 aromatic heterocycles. The van der Waals surface area contributed by atoms with Gasteiger partial charge in [0.15, 0.2) is 0 Å². The van der Waals surface area contributed by atoms with Gasteiger partial charge in [-0.2, -0.15) is 0 Å². The number of rotatable bonds is 6. The largest absolute Gasteiger partial charge is 0.356 e. The molecule has 1 aliphatic carbocycles. The quantitative estimate of drug-likeness (QED) is 0.809. The van der Waals surface area contributed by atoms with Crippen LogP contribution in [0.1, 0.15) is 42.7 Å². The summed E-state index contributed by atoms with van der Waals surface area (Å²) < 4.78 is 1.44. The van der Waals surface area contributed by atoms with Crippen LogP contribution in [0.15, 0.2) is 30.6 Å². The Morgan fingerprint density at radius 3 is 2.75 bits per heavy atom. The number of aryl methyl sites for hydroxylation is 1. The fourth-order valence-corrected chi connectivity index (χ4v) is 4.29. The molecule has 1 aromatic carbocycles. The summed E-state index contributed by atoms with van der Waals surface area (Å²) in [5, 5.41) is 13.9. The number of fused-ring (bicyclic) bond motifs is 1. The van der Waals surface area contributed by atoms with Crippen LogP contribution in [0.3, 0.4) is 0 Å². The van der Waals surface area contributed by atoms with Crippen LogP contribution >= 0.6 is 0 Å². The molecule has 2 heterocycles. The average Bonchev–Trinajstić information content (AvgIpc) is 3.37. The zero-order valence-electron chi connectivity index (χ0n) is 16.0. The summed E-state index contributed by atoms with van der Waals surface area (Å²) in [6.07, 6.45) is 5.98. The van der Waals surface area contributed by atoms with Gasteiger partial charge in [-0.15, -0.1) is 5.10 Å². The number of piperidine rings is 1. The van der Waals surface area contributed by atoms with Gasteiger partial charge in [0.1, 0.15) is 12.9 Å². The standard InChI is InChI=1S/C20H26N6O2/c27-19(11-17-6-5-16-3-1-2-4-18(16)17)21-12-15-7-9-25(10-8-15)20(28)13-26-14-22-23-24-26/h1-4,14-15,17H,5-13H2,(H,21,27). The predicted molar refractivity (Wildman–Crippen MR) is 102 cm³/mol. The first-order valence-electron chi connectivity index (χ1n) is 10.0. The van der Waals surface area contributed by atoms with Gasteiger partial charge in [0, 0.05) is 26.1 Å². The number of benzene rings is 1. The van der Waals surface area contributed by atoms with Crippen LogP contribution in [0.4, 0.5) is 0 Å². The molecule has 0 saturated carbocycles. The molecule has 8 heteroatoms. The normalized spacial score (nSPS) is 19.4. The van der Waals surface area contributed by atoms with Crippen molar-refractivity contribution in [2.75, 3.05) is 19.6 Å². The summed E-state index contributed by atoms with van der Waals surface area (Å²) in [5.41, 5.74) is 2.73. The fraction of sp³-hybridized carbons (Fsp3) is 0.550. The van der Waals surface area contributed by atoms with Crippen molar-refractivity contribution in [2.45, 2.75) is 44.6 Å². The van der Waals surface area contributed by atoms with Gasteiger partial charge in [0.25, 0.3) is 0 Å². The second kappa shape index (κ2) is 8.50. The molecule has 2 aliphatic rings. The maximum atomic E-state index is 12.4. The predicted octanol–water partition coefficient (Wildman–Crippen LogP) is 1.15. The second-order valence-electron chi connectivity index (χ2n) is 7.77. The lowest BCUT2D eigenvalue weighted by molar-refractivity contribution is -0.133. The molecule has 1 atom stereocenters. The number of hydrogen-bond donors (Lipinski definition) is 1. The number of nitrogens with zero attached hydrogens (tertiary/aromatic N) is 5. The number of tetrazole rings is 1. The molecule has 1 fully saturated rings. The van der Waals surface area contributed by atoms with E-state index >= 15 is 0 Å². The van der Waals surface area contributed by atoms with Gasteiger partial charge in [-0.3, -0.25) is 9.59 Å². The van der Waals surface area contributed by atoms with E-state index in [2.05, 4.69) is 45.1 Å². The molecule has 0 spiro atoms. The first-order chi connectivity index (χ1) is 13.7. The summed E-state index contributed by atoms with van der Waals surface area (Å²) in [6, 6.07) is 8.45. The number of amides is 2. The van der Waals surface area contributed by atoms with E-state index in [0.29, 0.717) is 24.8 Å². The molecule has 8 nitrogen and oxygen atoms in total.